The Bertz CT molecular complexity index is 631. The van der Waals surface area contributed by atoms with Crippen molar-refractivity contribution >= 4 is 35.5 Å². The largest absolute Gasteiger partial charge is 0.457 e. The summed E-state index contributed by atoms with van der Waals surface area (Å²) in [6.45, 7) is 6.09. The van der Waals surface area contributed by atoms with Crippen LogP contribution in [0, 0.1) is 0 Å². The van der Waals surface area contributed by atoms with Gasteiger partial charge in [-0.2, -0.15) is 0 Å². The number of ketones is 1. The molecule has 0 spiro atoms. The van der Waals surface area contributed by atoms with E-state index >= 15 is 0 Å². The number of Topliss-reactive ketones (excluding diaryl/α,β-unsaturated/α-hetero) is 1. The van der Waals surface area contributed by atoms with Gasteiger partial charge in [0.25, 0.3) is 11.8 Å². The van der Waals surface area contributed by atoms with E-state index in [9.17, 15) is 28.8 Å². The number of hydroxylamine groups is 2. The molecule has 1 saturated heterocycles. The van der Waals surface area contributed by atoms with Gasteiger partial charge in [0.2, 0.25) is 6.10 Å². The Kier molecular flexibility index (Phi) is 7.62. The zero-order valence-electron chi connectivity index (χ0n) is 15.7. The molecular formula is C17H23NO9. The highest BCUT2D eigenvalue weighted by molar-refractivity contribution is 6.01. The fourth-order valence-electron chi connectivity index (χ4n) is 2.03. The van der Waals surface area contributed by atoms with E-state index in [1.807, 2.05) is 0 Å². The molecule has 10 heteroatoms. The van der Waals surface area contributed by atoms with Crippen LogP contribution in [0.25, 0.3) is 0 Å². The van der Waals surface area contributed by atoms with Crippen LogP contribution in [0.15, 0.2) is 0 Å². The number of carbonyl (C=O) groups excluding carboxylic acids is 6. The van der Waals surface area contributed by atoms with E-state index in [0.717, 1.165) is 0 Å². The lowest BCUT2D eigenvalue weighted by molar-refractivity contribution is -0.198. The number of hydrogen-bond donors (Lipinski definition) is 0. The SMILES string of the molecule is CC(=O)C[C@@H](OC(=O)CCC(=O)ON1C(=O)CCC1=O)C(=O)OC(C)(C)C. The van der Waals surface area contributed by atoms with Gasteiger partial charge in [-0.05, 0) is 27.7 Å². The number of hydrogen-bond acceptors (Lipinski definition) is 9. The first kappa shape index (κ1) is 22.3. The quantitative estimate of drug-likeness (QED) is 0.435. The molecule has 27 heavy (non-hydrogen) atoms. The Morgan fingerprint density at radius 1 is 1.00 bits per heavy atom. The molecule has 0 aromatic carbocycles. The van der Waals surface area contributed by atoms with Crippen LogP contribution in [0.5, 0.6) is 0 Å². The molecule has 10 nitrogen and oxygen atoms in total. The van der Waals surface area contributed by atoms with Crippen molar-refractivity contribution in [3.8, 4) is 0 Å². The first-order valence-corrected chi connectivity index (χ1v) is 8.37. The zero-order valence-corrected chi connectivity index (χ0v) is 15.7. The highest BCUT2D eigenvalue weighted by atomic mass is 16.7. The van der Waals surface area contributed by atoms with Crippen LogP contribution in [-0.2, 0) is 43.1 Å². The van der Waals surface area contributed by atoms with Crippen LogP contribution in [0.1, 0.15) is 59.8 Å². The van der Waals surface area contributed by atoms with Gasteiger partial charge in [-0.1, -0.05) is 0 Å². The van der Waals surface area contributed by atoms with Crippen LogP contribution in [0.4, 0.5) is 0 Å². The molecular weight excluding hydrogens is 362 g/mol. The predicted molar refractivity (Wildman–Crippen MR) is 87.4 cm³/mol. The summed E-state index contributed by atoms with van der Waals surface area (Å²) in [6, 6.07) is 0. The Labute approximate surface area is 156 Å². The number of rotatable bonds is 8. The monoisotopic (exact) mass is 385 g/mol. The molecule has 0 aliphatic carbocycles. The van der Waals surface area contributed by atoms with Crippen LogP contribution in [-0.4, -0.2) is 52.3 Å². The van der Waals surface area contributed by atoms with E-state index in [1.165, 1.54) is 6.92 Å². The summed E-state index contributed by atoms with van der Waals surface area (Å²) in [7, 11) is 0. The van der Waals surface area contributed by atoms with Crippen molar-refractivity contribution < 1.29 is 43.1 Å². The predicted octanol–water partition coefficient (Wildman–Crippen LogP) is 0.606. The molecule has 1 aliphatic rings. The molecule has 150 valence electrons. The molecule has 0 saturated carbocycles. The van der Waals surface area contributed by atoms with Gasteiger partial charge in [0.05, 0.1) is 19.3 Å². The van der Waals surface area contributed by atoms with E-state index in [2.05, 4.69) is 4.84 Å². The lowest BCUT2D eigenvalue weighted by Gasteiger charge is -2.23. The third kappa shape index (κ3) is 7.97. The third-order valence-electron chi connectivity index (χ3n) is 3.15. The van der Waals surface area contributed by atoms with Crippen molar-refractivity contribution in [1.82, 2.24) is 5.06 Å². The molecule has 0 bridgehead atoms. The minimum Gasteiger partial charge on any atom is -0.457 e. The van der Waals surface area contributed by atoms with E-state index in [4.69, 9.17) is 9.47 Å². The Morgan fingerprint density at radius 3 is 2.00 bits per heavy atom. The van der Waals surface area contributed by atoms with Crippen molar-refractivity contribution in [2.24, 2.45) is 0 Å². The first-order valence-electron chi connectivity index (χ1n) is 8.37. The molecule has 0 N–H and O–H groups in total. The van der Waals surface area contributed by atoms with Gasteiger partial charge in [0, 0.05) is 12.8 Å². The van der Waals surface area contributed by atoms with Crippen LogP contribution in [0.3, 0.4) is 0 Å². The second-order valence-electron chi connectivity index (χ2n) is 6.96. The summed E-state index contributed by atoms with van der Waals surface area (Å²) in [4.78, 5) is 74.2. The summed E-state index contributed by atoms with van der Waals surface area (Å²) in [5.41, 5.74) is -0.836. The Hall–Kier alpha value is -2.78. The normalized spacial score (nSPS) is 15.3. The second kappa shape index (κ2) is 9.24. The van der Waals surface area contributed by atoms with Gasteiger partial charge in [-0.15, -0.1) is 5.06 Å². The zero-order chi connectivity index (χ0) is 20.8. The molecule has 0 aromatic rings. The van der Waals surface area contributed by atoms with Gasteiger partial charge in [-0.25, -0.2) is 9.59 Å². The lowest BCUT2D eigenvalue weighted by atomic mass is 10.1. The smallest absolute Gasteiger partial charge is 0.348 e. The van der Waals surface area contributed by atoms with E-state index in [1.54, 1.807) is 20.8 Å². The Balaban J connectivity index is 2.54. The second-order valence-corrected chi connectivity index (χ2v) is 6.96. The Morgan fingerprint density at radius 2 is 1.52 bits per heavy atom. The summed E-state index contributed by atoms with van der Waals surface area (Å²) >= 11 is 0. The summed E-state index contributed by atoms with van der Waals surface area (Å²) < 4.78 is 10.0. The molecule has 1 heterocycles. The molecule has 1 fully saturated rings. The van der Waals surface area contributed by atoms with Crippen molar-refractivity contribution in [2.75, 3.05) is 0 Å². The minimum atomic E-state index is -1.42. The topological polar surface area (TPSA) is 133 Å². The van der Waals surface area contributed by atoms with Crippen LogP contribution in [0.2, 0.25) is 0 Å². The number of esters is 2. The average Bonchev–Trinajstić information content (AvgIpc) is 2.82. The minimum absolute atomic E-state index is 0.0449. The highest BCUT2D eigenvalue weighted by Crippen LogP contribution is 2.15. The van der Waals surface area contributed by atoms with Crippen molar-refractivity contribution in [1.29, 1.82) is 0 Å². The molecule has 1 rings (SSSR count). The van der Waals surface area contributed by atoms with Gasteiger partial charge < -0.3 is 14.3 Å². The lowest BCUT2D eigenvalue weighted by Crippen LogP contribution is -2.36. The van der Waals surface area contributed by atoms with E-state index < -0.39 is 54.3 Å². The standard InChI is InChI=1S/C17H23NO9/c1-10(19)9-11(16(24)26-17(2,3)4)25-14(22)7-8-15(23)27-18-12(20)5-6-13(18)21/h11H,5-9H2,1-4H3/t11-/m1/s1. The number of nitrogens with zero attached hydrogens (tertiary/aromatic N) is 1. The first-order chi connectivity index (χ1) is 12.4. The fourth-order valence-corrected chi connectivity index (χ4v) is 2.03. The molecule has 0 unspecified atom stereocenters. The van der Waals surface area contributed by atoms with E-state index in [-0.39, 0.29) is 25.0 Å². The van der Waals surface area contributed by atoms with Crippen molar-refractivity contribution in [2.45, 2.75) is 71.5 Å². The molecule has 0 radical (unpaired) electrons. The van der Waals surface area contributed by atoms with Crippen molar-refractivity contribution in [3.05, 3.63) is 0 Å². The molecule has 0 aromatic heterocycles. The van der Waals surface area contributed by atoms with Crippen LogP contribution >= 0.6 is 0 Å². The van der Waals surface area contributed by atoms with Gasteiger partial charge in [-0.3, -0.25) is 19.2 Å². The average molecular weight is 385 g/mol. The van der Waals surface area contributed by atoms with E-state index in [0.29, 0.717) is 5.06 Å². The maximum Gasteiger partial charge on any atom is 0.348 e. The maximum atomic E-state index is 12.0. The third-order valence-corrected chi connectivity index (χ3v) is 3.15. The molecule has 2 amide bonds. The number of carbonyl (C=O) groups is 6. The fraction of sp³-hybridized carbons (Fsp3) is 0.647. The number of ether oxygens (including phenoxy) is 2. The highest BCUT2D eigenvalue weighted by Gasteiger charge is 2.33. The maximum absolute atomic E-state index is 12.0. The number of amides is 2. The van der Waals surface area contributed by atoms with Gasteiger partial charge in [0.15, 0.2) is 0 Å². The molecule has 1 atom stereocenters. The molecule has 1 aliphatic heterocycles. The summed E-state index contributed by atoms with van der Waals surface area (Å²) in [5, 5.41) is 0.368. The van der Waals surface area contributed by atoms with Gasteiger partial charge >= 0.3 is 17.9 Å². The van der Waals surface area contributed by atoms with Crippen molar-refractivity contribution in [3.63, 3.8) is 0 Å². The van der Waals surface area contributed by atoms with Gasteiger partial charge in [0.1, 0.15) is 11.4 Å². The summed E-state index contributed by atoms with van der Waals surface area (Å²) in [5.74, 6) is -4.44. The summed E-state index contributed by atoms with van der Waals surface area (Å²) in [6.07, 6.45) is -2.81. The number of imide groups is 1. The van der Waals surface area contributed by atoms with Crippen LogP contribution < -0.4 is 0 Å².